The second-order valence-corrected chi connectivity index (χ2v) is 6.98. The molecule has 0 spiro atoms. The lowest BCUT2D eigenvalue weighted by molar-refractivity contribution is 0.0567. The summed E-state index contributed by atoms with van der Waals surface area (Å²) in [6, 6.07) is 6.48. The van der Waals surface area contributed by atoms with Crippen molar-refractivity contribution in [3.63, 3.8) is 0 Å². The van der Waals surface area contributed by atoms with E-state index in [1.807, 2.05) is 0 Å². The molecule has 1 aromatic carbocycles. The quantitative estimate of drug-likeness (QED) is 0.901. The predicted molar refractivity (Wildman–Crippen MR) is 75.4 cm³/mol. The van der Waals surface area contributed by atoms with Crippen LogP contribution in [-0.2, 0) is 21.2 Å². The Bertz CT molecular complexity index is 547. The molecule has 2 unspecified atom stereocenters. The number of sulfonamides is 1. The Morgan fingerprint density at radius 2 is 2.15 bits per heavy atom. The van der Waals surface area contributed by atoms with Crippen molar-refractivity contribution in [2.75, 3.05) is 19.8 Å². The molecule has 4 nitrogen and oxygen atoms in total. The third kappa shape index (κ3) is 3.56. The molecule has 2 rings (SSSR count). The lowest BCUT2D eigenvalue weighted by atomic mass is 9.93. The van der Waals surface area contributed by atoms with E-state index in [9.17, 15) is 12.8 Å². The summed E-state index contributed by atoms with van der Waals surface area (Å²) in [5.41, 5.74) is 0.541. The van der Waals surface area contributed by atoms with Gasteiger partial charge in [0.2, 0.25) is 10.0 Å². The van der Waals surface area contributed by atoms with Crippen molar-refractivity contribution in [3.8, 4) is 0 Å². The smallest absolute Gasteiger partial charge is 0.214 e. The summed E-state index contributed by atoms with van der Waals surface area (Å²) in [6.45, 7) is 2.90. The fourth-order valence-electron chi connectivity index (χ4n) is 2.63. The Morgan fingerprint density at radius 1 is 1.40 bits per heavy atom. The molecule has 0 bridgehead atoms. The lowest BCUT2D eigenvalue weighted by Crippen LogP contribution is -2.44. The lowest BCUT2D eigenvalue weighted by Gasteiger charge is -2.31. The molecule has 2 atom stereocenters. The van der Waals surface area contributed by atoms with Crippen molar-refractivity contribution in [1.29, 1.82) is 0 Å². The second kappa shape index (κ2) is 6.65. The minimum absolute atomic E-state index is 0.218. The first-order valence-corrected chi connectivity index (χ1v) is 8.39. The fourth-order valence-corrected chi connectivity index (χ4v) is 4.34. The summed E-state index contributed by atoms with van der Waals surface area (Å²) in [5.74, 6) is -0.512. The van der Waals surface area contributed by atoms with E-state index < -0.39 is 15.3 Å². The van der Waals surface area contributed by atoms with Crippen LogP contribution in [0.15, 0.2) is 24.3 Å². The highest BCUT2D eigenvalue weighted by Crippen LogP contribution is 2.25. The Labute approximate surface area is 119 Å². The topological polar surface area (TPSA) is 55.4 Å². The average molecular weight is 301 g/mol. The summed E-state index contributed by atoms with van der Waals surface area (Å²) in [5, 5.41) is -0.518. The monoisotopic (exact) mass is 301 g/mol. The highest BCUT2D eigenvalue weighted by molar-refractivity contribution is 7.90. The standard InChI is InChI=1S/C14H20FNO3S/c1-2-16-20(17,18)14-7-8-19-10-12(14)9-11-5-3-4-6-13(11)15/h3-6,12,14,16H,2,7-10H2,1H3. The Morgan fingerprint density at radius 3 is 2.85 bits per heavy atom. The summed E-state index contributed by atoms with van der Waals surface area (Å²) in [4.78, 5) is 0. The minimum atomic E-state index is -3.37. The van der Waals surface area contributed by atoms with E-state index in [0.717, 1.165) is 0 Å². The van der Waals surface area contributed by atoms with Crippen molar-refractivity contribution in [2.24, 2.45) is 5.92 Å². The van der Waals surface area contributed by atoms with E-state index in [0.29, 0.717) is 38.2 Å². The van der Waals surface area contributed by atoms with Gasteiger partial charge >= 0.3 is 0 Å². The number of ether oxygens (including phenoxy) is 1. The summed E-state index contributed by atoms with van der Waals surface area (Å²) in [6.07, 6.45) is 0.830. The molecule has 0 radical (unpaired) electrons. The first kappa shape index (κ1) is 15.4. The normalized spacial score (nSPS) is 23.7. The summed E-state index contributed by atoms with van der Waals surface area (Å²) < 4.78 is 46.1. The van der Waals surface area contributed by atoms with Gasteiger partial charge < -0.3 is 4.74 Å². The molecule has 1 N–H and O–H groups in total. The zero-order valence-electron chi connectivity index (χ0n) is 11.5. The first-order valence-electron chi connectivity index (χ1n) is 6.84. The number of rotatable bonds is 5. The maximum absolute atomic E-state index is 13.7. The molecular formula is C14H20FNO3S. The van der Waals surface area contributed by atoms with Crippen LogP contribution in [-0.4, -0.2) is 33.4 Å². The zero-order chi connectivity index (χ0) is 14.6. The van der Waals surface area contributed by atoms with Gasteiger partial charge in [-0.25, -0.2) is 17.5 Å². The van der Waals surface area contributed by atoms with Crippen LogP contribution in [0, 0.1) is 11.7 Å². The van der Waals surface area contributed by atoms with Crippen LogP contribution in [0.3, 0.4) is 0 Å². The molecular weight excluding hydrogens is 281 g/mol. The van der Waals surface area contributed by atoms with E-state index in [-0.39, 0.29) is 11.7 Å². The van der Waals surface area contributed by atoms with Crippen molar-refractivity contribution >= 4 is 10.0 Å². The Balaban J connectivity index is 2.18. The van der Waals surface area contributed by atoms with E-state index in [4.69, 9.17) is 4.74 Å². The molecule has 1 saturated heterocycles. The minimum Gasteiger partial charge on any atom is -0.381 e. The molecule has 0 amide bonds. The molecule has 1 fully saturated rings. The number of halogens is 1. The van der Waals surface area contributed by atoms with E-state index in [2.05, 4.69) is 4.72 Å². The van der Waals surface area contributed by atoms with Crippen LogP contribution < -0.4 is 4.72 Å². The van der Waals surface area contributed by atoms with Crippen LogP contribution in [0.25, 0.3) is 0 Å². The molecule has 20 heavy (non-hydrogen) atoms. The zero-order valence-corrected chi connectivity index (χ0v) is 12.3. The SMILES string of the molecule is CCNS(=O)(=O)C1CCOCC1Cc1ccccc1F. The van der Waals surface area contributed by atoms with Crippen molar-refractivity contribution < 1.29 is 17.5 Å². The van der Waals surface area contributed by atoms with Gasteiger partial charge in [-0.15, -0.1) is 0 Å². The molecule has 1 aliphatic rings. The molecule has 1 aromatic rings. The first-order chi connectivity index (χ1) is 9.54. The number of nitrogens with one attached hydrogen (secondary N) is 1. The number of hydrogen-bond donors (Lipinski definition) is 1. The molecule has 1 aliphatic heterocycles. The highest BCUT2D eigenvalue weighted by atomic mass is 32.2. The fraction of sp³-hybridized carbons (Fsp3) is 0.571. The van der Waals surface area contributed by atoms with E-state index in [1.54, 1.807) is 25.1 Å². The molecule has 112 valence electrons. The molecule has 0 saturated carbocycles. The van der Waals surface area contributed by atoms with Crippen LogP contribution in [0.5, 0.6) is 0 Å². The van der Waals surface area contributed by atoms with Crippen molar-refractivity contribution in [2.45, 2.75) is 25.0 Å². The number of benzene rings is 1. The van der Waals surface area contributed by atoms with Gasteiger partial charge in [0.05, 0.1) is 11.9 Å². The average Bonchev–Trinajstić information content (AvgIpc) is 2.42. The molecule has 6 heteroatoms. The van der Waals surface area contributed by atoms with Gasteiger partial charge in [-0.3, -0.25) is 0 Å². The van der Waals surface area contributed by atoms with Gasteiger partial charge in [-0.1, -0.05) is 25.1 Å². The number of hydrogen-bond acceptors (Lipinski definition) is 3. The van der Waals surface area contributed by atoms with Gasteiger partial charge in [0.1, 0.15) is 5.82 Å². The maximum atomic E-state index is 13.7. The van der Waals surface area contributed by atoms with E-state index in [1.165, 1.54) is 6.07 Å². The van der Waals surface area contributed by atoms with Gasteiger partial charge in [0.15, 0.2) is 0 Å². The molecule has 0 aliphatic carbocycles. The highest BCUT2D eigenvalue weighted by Gasteiger charge is 2.36. The Hall–Kier alpha value is -0.980. The predicted octanol–water partition coefficient (Wildman–Crippen LogP) is 1.71. The largest absolute Gasteiger partial charge is 0.381 e. The summed E-state index contributed by atoms with van der Waals surface area (Å²) in [7, 11) is -3.37. The van der Waals surface area contributed by atoms with Gasteiger partial charge in [-0.05, 0) is 24.5 Å². The van der Waals surface area contributed by atoms with Crippen LogP contribution in [0.2, 0.25) is 0 Å². The van der Waals surface area contributed by atoms with Crippen molar-refractivity contribution in [3.05, 3.63) is 35.6 Å². The second-order valence-electron chi connectivity index (χ2n) is 5.00. The third-order valence-electron chi connectivity index (χ3n) is 3.59. The van der Waals surface area contributed by atoms with Gasteiger partial charge in [0, 0.05) is 19.1 Å². The van der Waals surface area contributed by atoms with Crippen LogP contribution in [0.1, 0.15) is 18.9 Å². The van der Waals surface area contributed by atoms with Crippen LogP contribution >= 0.6 is 0 Å². The van der Waals surface area contributed by atoms with Crippen LogP contribution in [0.4, 0.5) is 4.39 Å². The molecule has 1 heterocycles. The summed E-state index contributed by atoms with van der Waals surface area (Å²) >= 11 is 0. The van der Waals surface area contributed by atoms with E-state index >= 15 is 0 Å². The maximum Gasteiger partial charge on any atom is 0.214 e. The van der Waals surface area contributed by atoms with Gasteiger partial charge in [-0.2, -0.15) is 0 Å². The Kier molecular flexibility index (Phi) is 5.12. The molecule has 0 aromatic heterocycles. The van der Waals surface area contributed by atoms with Crippen molar-refractivity contribution in [1.82, 2.24) is 4.72 Å². The third-order valence-corrected chi connectivity index (χ3v) is 5.70. The van der Waals surface area contributed by atoms with Gasteiger partial charge in [0.25, 0.3) is 0 Å².